The Morgan fingerprint density at radius 3 is 2.05 bits per heavy atom. The molecule has 0 aromatic rings. The smallest absolute Gasteiger partial charge is 0.120 e. The molecule has 19 heavy (non-hydrogen) atoms. The molecule has 1 aliphatic rings. The van der Waals surface area contributed by atoms with Gasteiger partial charge >= 0.3 is 0 Å². The second-order valence-electron chi connectivity index (χ2n) is 6.54. The van der Waals surface area contributed by atoms with Crippen LogP contribution < -0.4 is 27.8 Å². The fourth-order valence-electron chi connectivity index (χ4n) is 2.95. The first-order valence-corrected chi connectivity index (χ1v) is 6.82. The molecule has 0 aromatic carbocycles. The zero-order valence-corrected chi connectivity index (χ0v) is 12.9. The van der Waals surface area contributed by atoms with Crippen molar-refractivity contribution in [2.45, 2.75) is 57.7 Å². The van der Waals surface area contributed by atoms with Gasteiger partial charge in [0.25, 0.3) is 0 Å². The van der Waals surface area contributed by atoms with E-state index in [1.165, 1.54) is 6.08 Å². The second kappa shape index (κ2) is 5.51. The monoisotopic (exact) mass is 287 g/mol. The molecule has 0 aromatic heterocycles. The summed E-state index contributed by atoms with van der Waals surface area (Å²) in [5, 5.41) is 7.00. The highest BCUT2D eigenvalue weighted by molar-refractivity contribution is 6.29. The largest absolute Gasteiger partial charge is 0.396 e. The molecule has 0 saturated carbocycles. The highest BCUT2D eigenvalue weighted by Gasteiger charge is 2.37. The first kappa shape index (κ1) is 16.0. The molecule has 110 valence electrons. The van der Waals surface area contributed by atoms with E-state index in [4.69, 9.17) is 28.8 Å². The van der Waals surface area contributed by atoms with Crippen molar-refractivity contribution in [2.24, 2.45) is 17.2 Å². The van der Waals surface area contributed by atoms with Gasteiger partial charge in [0, 0.05) is 17.1 Å². The molecular weight excluding hydrogens is 262 g/mol. The Morgan fingerprint density at radius 2 is 1.63 bits per heavy atom. The summed E-state index contributed by atoms with van der Waals surface area (Å²) in [5.41, 5.74) is 17.6. The number of allylic oxidation sites excluding steroid dienone is 1. The summed E-state index contributed by atoms with van der Waals surface area (Å²) in [7, 11) is 0. The SMILES string of the molecule is CC1(C)CC(N/C(N)=C(N)/C=C(\N)Cl)CC(C)(C)N1. The van der Waals surface area contributed by atoms with E-state index in [1.807, 2.05) is 0 Å². The maximum absolute atomic E-state index is 5.94. The number of hydrogen-bond acceptors (Lipinski definition) is 5. The average Bonchev–Trinajstić information content (AvgIpc) is 2.10. The van der Waals surface area contributed by atoms with Crippen LogP contribution in [0.2, 0.25) is 0 Å². The summed E-state index contributed by atoms with van der Waals surface area (Å²) in [6.45, 7) is 8.73. The van der Waals surface area contributed by atoms with Gasteiger partial charge in [-0.3, -0.25) is 0 Å². The minimum absolute atomic E-state index is 0.0514. The molecule has 1 rings (SSSR count). The highest BCUT2D eigenvalue weighted by Crippen LogP contribution is 2.28. The third-order valence-corrected chi connectivity index (χ3v) is 3.26. The Hall–Kier alpha value is -1.07. The van der Waals surface area contributed by atoms with Crippen molar-refractivity contribution in [3.8, 4) is 0 Å². The molecule has 0 amide bonds. The van der Waals surface area contributed by atoms with Crippen LogP contribution in [0.1, 0.15) is 40.5 Å². The predicted molar refractivity (Wildman–Crippen MR) is 81.0 cm³/mol. The summed E-state index contributed by atoms with van der Waals surface area (Å²) >= 11 is 5.58. The number of hydrogen-bond donors (Lipinski definition) is 5. The van der Waals surface area contributed by atoms with Crippen LogP contribution in [-0.4, -0.2) is 17.1 Å². The first-order valence-electron chi connectivity index (χ1n) is 6.44. The van der Waals surface area contributed by atoms with E-state index in [9.17, 15) is 0 Å². The first-order chi connectivity index (χ1) is 8.51. The van der Waals surface area contributed by atoms with Gasteiger partial charge in [0.15, 0.2) is 0 Å². The lowest BCUT2D eigenvalue weighted by molar-refractivity contribution is 0.151. The highest BCUT2D eigenvalue weighted by atomic mass is 35.5. The van der Waals surface area contributed by atoms with E-state index in [0.29, 0.717) is 11.5 Å². The molecule has 8 N–H and O–H groups in total. The van der Waals surface area contributed by atoms with Gasteiger partial charge in [0.1, 0.15) is 11.0 Å². The quantitative estimate of drug-likeness (QED) is 0.394. The summed E-state index contributed by atoms with van der Waals surface area (Å²) < 4.78 is 0. The lowest BCUT2D eigenvalue weighted by Gasteiger charge is -2.47. The van der Waals surface area contributed by atoms with E-state index in [1.54, 1.807) is 0 Å². The van der Waals surface area contributed by atoms with Crippen molar-refractivity contribution < 1.29 is 0 Å². The predicted octanol–water partition coefficient (Wildman–Crippen LogP) is 1.01. The normalized spacial score (nSPS) is 24.8. The second-order valence-corrected chi connectivity index (χ2v) is 6.98. The summed E-state index contributed by atoms with van der Waals surface area (Å²) in [6.07, 6.45) is 3.37. The maximum atomic E-state index is 5.94. The Morgan fingerprint density at radius 1 is 1.16 bits per heavy atom. The number of piperidine rings is 1. The van der Waals surface area contributed by atoms with Crippen LogP contribution >= 0.6 is 11.6 Å². The van der Waals surface area contributed by atoms with Gasteiger partial charge in [0.05, 0.1) is 5.70 Å². The molecule has 0 spiro atoms. The van der Waals surface area contributed by atoms with Crippen LogP contribution in [0.15, 0.2) is 22.8 Å². The zero-order valence-electron chi connectivity index (χ0n) is 12.2. The molecule has 0 aliphatic carbocycles. The molecule has 6 heteroatoms. The molecule has 0 radical (unpaired) electrons. The van der Waals surface area contributed by atoms with Gasteiger partial charge in [-0.05, 0) is 46.6 Å². The van der Waals surface area contributed by atoms with Crippen LogP contribution in [0.3, 0.4) is 0 Å². The van der Waals surface area contributed by atoms with Gasteiger partial charge < -0.3 is 27.8 Å². The van der Waals surface area contributed by atoms with Gasteiger partial charge in [-0.15, -0.1) is 0 Å². The minimum atomic E-state index is 0.0514. The van der Waals surface area contributed by atoms with Crippen molar-refractivity contribution in [2.75, 3.05) is 0 Å². The Balaban J connectivity index is 2.79. The Kier molecular flexibility index (Phi) is 4.63. The van der Waals surface area contributed by atoms with E-state index >= 15 is 0 Å². The molecule has 5 nitrogen and oxygen atoms in total. The van der Waals surface area contributed by atoms with Crippen LogP contribution in [-0.2, 0) is 0 Å². The van der Waals surface area contributed by atoms with Crippen LogP contribution in [0.25, 0.3) is 0 Å². The van der Waals surface area contributed by atoms with Crippen molar-refractivity contribution in [3.05, 3.63) is 22.8 Å². The third kappa shape index (κ3) is 5.20. The van der Waals surface area contributed by atoms with E-state index in [0.717, 1.165) is 12.8 Å². The number of halogens is 1. The fraction of sp³-hybridized carbons (Fsp3) is 0.692. The van der Waals surface area contributed by atoms with E-state index in [2.05, 4.69) is 38.3 Å². The van der Waals surface area contributed by atoms with Crippen LogP contribution in [0.5, 0.6) is 0 Å². The molecule has 0 bridgehead atoms. The lowest BCUT2D eigenvalue weighted by atomic mass is 9.79. The minimum Gasteiger partial charge on any atom is -0.396 e. The van der Waals surface area contributed by atoms with E-state index in [-0.39, 0.29) is 22.3 Å². The fourth-order valence-corrected chi connectivity index (χ4v) is 3.07. The van der Waals surface area contributed by atoms with Crippen LogP contribution in [0.4, 0.5) is 0 Å². The molecule has 0 atom stereocenters. The zero-order chi connectivity index (χ0) is 14.8. The van der Waals surface area contributed by atoms with Gasteiger partial charge in [-0.2, -0.15) is 0 Å². The molecular formula is C13H26ClN5. The summed E-state index contributed by atoms with van der Waals surface area (Å²) in [5.74, 6) is 0.419. The lowest BCUT2D eigenvalue weighted by Crippen LogP contribution is -2.61. The summed E-state index contributed by atoms with van der Waals surface area (Å²) in [4.78, 5) is 0. The van der Waals surface area contributed by atoms with Gasteiger partial charge in [0.2, 0.25) is 0 Å². The molecule has 1 saturated heterocycles. The average molecular weight is 288 g/mol. The van der Waals surface area contributed by atoms with Crippen molar-refractivity contribution in [3.63, 3.8) is 0 Å². The topological polar surface area (TPSA) is 102 Å². The maximum Gasteiger partial charge on any atom is 0.120 e. The standard InChI is InChI=1S/C13H26ClN5/c1-12(2)6-8(7-13(3,4)19-12)18-11(17)9(15)5-10(14)16/h5,8,18-19H,6-7,15-17H2,1-4H3/b10-5-,11-9-. The Labute approximate surface area is 120 Å². The van der Waals surface area contributed by atoms with Gasteiger partial charge in [-0.25, -0.2) is 0 Å². The number of nitrogens with one attached hydrogen (secondary N) is 2. The van der Waals surface area contributed by atoms with Crippen molar-refractivity contribution in [1.82, 2.24) is 10.6 Å². The molecule has 1 fully saturated rings. The molecule has 0 unspecified atom stereocenters. The third-order valence-electron chi connectivity index (χ3n) is 3.15. The van der Waals surface area contributed by atoms with Crippen molar-refractivity contribution >= 4 is 11.6 Å². The molecule has 1 aliphatic heterocycles. The van der Waals surface area contributed by atoms with Crippen LogP contribution in [0, 0.1) is 0 Å². The summed E-state index contributed by atoms with van der Waals surface area (Å²) in [6, 6.07) is 0.259. The molecule has 1 heterocycles. The van der Waals surface area contributed by atoms with Gasteiger partial charge in [-0.1, -0.05) is 11.6 Å². The number of rotatable bonds is 3. The van der Waals surface area contributed by atoms with Crippen molar-refractivity contribution in [1.29, 1.82) is 0 Å². The Bertz CT molecular complexity index is 378. The number of nitrogens with two attached hydrogens (primary N) is 3. The van der Waals surface area contributed by atoms with E-state index < -0.39 is 0 Å².